The van der Waals surface area contributed by atoms with Gasteiger partial charge in [0.25, 0.3) is 0 Å². The molecule has 0 aliphatic heterocycles. The number of hydrogen-bond acceptors (Lipinski definition) is 3. The number of nitriles is 1. The molecule has 2 aliphatic carbocycles. The molecule has 3 nitrogen and oxygen atoms in total. The van der Waals surface area contributed by atoms with E-state index in [1.54, 1.807) is 0 Å². The molecular weight excluding hydrogens is 174 g/mol. The van der Waals surface area contributed by atoms with Gasteiger partial charge in [0.1, 0.15) is 5.54 Å². The molecular formula is C11H19N3. The Balaban J connectivity index is 1.83. The van der Waals surface area contributed by atoms with Gasteiger partial charge in [-0.05, 0) is 44.6 Å². The van der Waals surface area contributed by atoms with Gasteiger partial charge in [-0.3, -0.25) is 0 Å². The lowest BCUT2D eigenvalue weighted by Crippen LogP contribution is -2.50. The van der Waals surface area contributed by atoms with E-state index in [-0.39, 0.29) is 0 Å². The van der Waals surface area contributed by atoms with Gasteiger partial charge in [0, 0.05) is 13.1 Å². The largest absolute Gasteiger partial charge is 0.312 e. The number of rotatable bonds is 5. The molecule has 2 fully saturated rings. The Bertz CT molecular complexity index is 250. The smallest absolute Gasteiger partial charge is 0.119 e. The van der Waals surface area contributed by atoms with E-state index in [9.17, 15) is 0 Å². The Morgan fingerprint density at radius 1 is 1.43 bits per heavy atom. The molecule has 0 aromatic rings. The van der Waals surface area contributed by atoms with E-state index < -0.39 is 5.54 Å². The third kappa shape index (κ3) is 2.26. The lowest BCUT2D eigenvalue weighted by molar-refractivity contribution is 0.255. The van der Waals surface area contributed by atoms with Crippen LogP contribution in [0.2, 0.25) is 0 Å². The van der Waals surface area contributed by atoms with Gasteiger partial charge in [-0.1, -0.05) is 0 Å². The van der Waals surface area contributed by atoms with Gasteiger partial charge in [-0.25, -0.2) is 0 Å². The monoisotopic (exact) mass is 193 g/mol. The fraction of sp³-hybridized carbons (Fsp3) is 0.909. The molecule has 0 bridgehead atoms. The highest BCUT2D eigenvalue weighted by atomic mass is 15.1. The molecule has 0 saturated heterocycles. The van der Waals surface area contributed by atoms with Gasteiger partial charge in [-0.15, -0.1) is 0 Å². The molecule has 0 radical (unpaired) electrons. The Morgan fingerprint density at radius 2 is 2.07 bits per heavy atom. The second kappa shape index (κ2) is 3.52. The van der Waals surface area contributed by atoms with Crippen molar-refractivity contribution in [2.75, 3.05) is 20.1 Å². The maximum Gasteiger partial charge on any atom is 0.119 e. The fourth-order valence-electron chi connectivity index (χ4n) is 2.11. The highest BCUT2D eigenvalue weighted by molar-refractivity contribution is 5.14. The van der Waals surface area contributed by atoms with Crippen LogP contribution in [0, 0.1) is 23.2 Å². The average molecular weight is 193 g/mol. The van der Waals surface area contributed by atoms with Crippen molar-refractivity contribution < 1.29 is 0 Å². The first-order chi connectivity index (χ1) is 6.64. The van der Waals surface area contributed by atoms with Crippen molar-refractivity contribution in [1.29, 1.82) is 5.26 Å². The summed E-state index contributed by atoms with van der Waals surface area (Å²) in [6.45, 7) is 1.86. The Morgan fingerprint density at radius 3 is 2.50 bits per heavy atom. The molecule has 1 unspecified atom stereocenters. The number of likely N-dealkylation sites (N-methyl/N-ethyl adjacent to an activating group) is 1. The van der Waals surface area contributed by atoms with Gasteiger partial charge in [0.05, 0.1) is 6.07 Å². The molecule has 2 saturated carbocycles. The van der Waals surface area contributed by atoms with E-state index in [1.807, 2.05) is 0 Å². The zero-order valence-corrected chi connectivity index (χ0v) is 8.87. The lowest BCUT2D eigenvalue weighted by Gasteiger charge is -2.27. The molecule has 2 N–H and O–H groups in total. The molecule has 0 heterocycles. The molecule has 0 amide bonds. The van der Waals surface area contributed by atoms with Crippen LogP contribution in [0.5, 0.6) is 0 Å². The topological polar surface area (TPSA) is 53.0 Å². The predicted molar refractivity (Wildman–Crippen MR) is 55.5 cm³/mol. The summed E-state index contributed by atoms with van der Waals surface area (Å²) in [4.78, 5) is 2.24. The van der Waals surface area contributed by atoms with Crippen molar-refractivity contribution in [3.8, 4) is 6.07 Å². The SMILES string of the molecule is CN(CC1CC1)CC(N)(C#N)C1CC1. The van der Waals surface area contributed by atoms with Crippen LogP contribution in [0.1, 0.15) is 25.7 Å². The van der Waals surface area contributed by atoms with Gasteiger partial charge in [0.15, 0.2) is 0 Å². The molecule has 0 aromatic heterocycles. The third-order valence-corrected chi connectivity index (χ3v) is 3.31. The summed E-state index contributed by atoms with van der Waals surface area (Å²) in [7, 11) is 2.08. The maximum absolute atomic E-state index is 9.09. The molecule has 2 rings (SSSR count). The van der Waals surface area contributed by atoms with Crippen molar-refractivity contribution in [3.63, 3.8) is 0 Å². The van der Waals surface area contributed by atoms with Crippen LogP contribution in [0.4, 0.5) is 0 Å². The van der Waals surface area contributed by atoms with E-state index in [2.05, 4.69) is 18.0 Å². The molecule has 1 atom stereocenters. The van der Waals surface area contributed by atoms with Crippen LogP contribution in [0.25, 0.3) is 0 Å². The van der Waals surface area contributed by atoms with Gasteiger partial charge in [0.2, 0.25) is 0 Å². The highest BCUT2D eigenvalue weighted by Gasteiger charge is 2.43. The summed E-state index contributed by atoms with van der Waals surface area (Å²) in [5, 5.41) is 9.09. The first-order valence-electron chi connectivity index (χ1n) is 5.53. The van der Waals surface area contributed by atoms with Crippen molar-refractivity contribution >= 4 is 0 Å². The predicted octanol–water partition coefficient (Wildman–Crippen LogP) is 0.959. The summed E-state index contributed by atoms with van der Waals surface area (Å²) in [6.07, 6.45) is 5.00. The maximum atomic E-state index is 9.09. The van der Waals surface area contributed by atoms with Gasteiger partial charge in [-0.2, -0.15) is 5.26 Å². The minimum Gasteiger partial charge on any atom is -0.312 e. The number of nitrogens with two attached hydrogens (primary N) is 1. The minimum atomic E-state index is -0.580. The van der Waals surface area contributed by atoms with Crippen molar-refractivity contribution in [2.45, 2.75) is 31.2 Å². The summed E-state index contributed by atoms with van der Waals surface area (Å²) < 4.78 is 0. The fourth-order valence-corrected chi connectivity index (χ4v) is 2.11. The second-order valence-electron chi connectivity index (χ2n) is 5.07. The Kier molecular flexibility index (Phi) is 2.50. The van der Waals surface area contributed by atoms with Crippen LogP contribution in [-0.4, -0.2) is 30.6 Å². The van der Waals surface area contributed by atoms with Crippen LogP contribution in [0.3, 0.4) is 0 Å². The highest BCUT2D eigenvalue weighted by Crippen LogP contribution is 2.38. The van der Waals surface area contributed by atoms with Gasteiger partial charge >= 0.3 is 0 Å². The zero-order valence-electron chi connectivity index (χ0n) is 8.87. The molecule has 14 heavy (non-hydrogen) atoms. The first-order valence-corrected chi connectivity index (χ1v) is 5.53. The lowest BCUT2D eigenvalue weighted by atomic mass is 9.96. The van der Waals surface area contributed by atoms with Gasteiger partial charge < -0.3 is 10.6 Å². The summed E-state index contributed by atoms with van der Waals surface area (Å²) >= 11 is 0. The standard InChI is InChI=1S/C11H19N3/c1-14(6-9-2-3-9)8-11(13,7-12)10-4-5-10/h9-10H,2-6,8,13H2,1H3. The van der Waals surface area contributed by atoms with Crippen LogP contribution in [-0.2, 0) is 0 Å². The Labute approximate surface area is 85.9 Å². The quantitative estimate of drug-likeness (QED) is 0.707. The normalized spacial score (nSPS) is 25.9. The van der Waals surface area contributed by atoms with E-state index in [4.69, 9.17) is 11.0 Å². The van der Waals surface area contributed by atoms with E-state index in [0.717, 1.165) is 31.8 Å². The molecule has 2 aliphatic rings. The average Bonchev–Trinajstić information content (AvgIpc) is 2.96. The van der Waals surface area contributed by atoms with Crippen LogP contribution < -0.4 is 5.73 Å². The van der Waals surface area contributed by atoms with Crippen LogP contribution in [0.15, 0.2) is 0 Å². The van der Waals surface area contributed by atoms with Crippen LogP contribution >= 0.6 is 0 Å². The minimum absolute atomic E-state index is 0.453. The molecule has 78 valence electrons. The number of hydrogen-bond donors (Lipinski definition) is 1. The number of nitrogens with zero attached hydrogens (tertiary/aromatic N) is 2. The second-order valence-corrected chi connectivity index (χ2v) is 5.07. The summed E-state index contributed by atoms with van der Waals surface area (Å²) in [5.41, 5.74) is 5.52. The van der Waals surface area contributed by atoms with Crippen molar-refractivity contribution in [3.05, 3.63) is 0 Å². The molecule has 3 heteroatoms. The molecule has 0 spiro atoms. The summed E-state index contributed by atoms with van der Waals surface area (Å²) in [6, 6.07) is 2.30. The summed E-state index contributed by atoms with van der Waals surface area (Å²) in [5.74, 6) is 1.33. The van der Waals surface area contributed by atoms with Crippen molar-refractivity contribution in [2.24, 2.45) is 17.6 Å². The third-order valence-electron chi connectivity index (χ3n) is 3.31. The molecule has 0 aromatic carbocycles. The van der Waals surface area contributed by atoms with E-state index >= 15 is 0 Å². The van der Waals surface area contributed by atoms with E-state index in [0.29, 0.717) is 5.92 Å². The van der Waals surface area contributed by atoms with Crippen molar-refractivity contribution in [1.82, 2.24) is 4.90 Å². The first kappa shape index (κ1) is 9.95. The van der Waals surface area contributed by atoms with E-state index in [1.165, 1.54) is 12.8 Å². The Hall–Kier alpha value is -0.590. The zero-order chi connectivity index (χ0) is 10.2.